The summed E-state index contributed by atoms with van der Waals surface area (Å²) in [5.41, 5.74) is -0.523. The molecule has 0 saturated carbocycles. The van der Waals surface area contributed by atoms with Crippen LogP contribution in [0.5, 0.6) is 5.88 Å². The molecule has 1 aliphatic rings. The summed E-state index contributed by atoms with van der Waals surface area (Å²) in [5.74, 6) is 0.295. The summed E-state index contributed by atoms with van der Waals surface area (Å²) in [7, 11) is 2.63. The number of hydrogen-bond donors (Lipinski definition) is 1. The van der Waals surface area contributed by atoms with Crippen LogP contribution < -0.4 is 4.87 Å². The fourth-order valence-corrected chi connectivity index (χ4v) is 4.46. The van der Waals surface area contributed by atoms with Crippen LogP contribution in [0.3, 0.4) is 0 Å². The number of alkyl halides is 1. The molecule has 2 rings (SSSR count). The third kappa shape index (κ3) is 3.49. The van der Waals surface area contributed by atoms with Crippen molar-refractivity contribution in [3.05, 3.63) is 15.0 Å². The number of nitrogens with zero attached hydrogens (tertiary/aromatic N) is 2. The summed E-state index contributed by atoms with van der Waals surface area (Å²) in [5, 5.41) is 11.3. The molecule has 0 amide bonds. The summed E-state index contributed by atoms with van der Waals surface area (Å²) in [6.45, 7) is 7.21. The molecule has 1 aromatic rings. The maximum atomic E-state index is 15.2. The Morgan fingerprint density at radius 1 is 1.52 bits per heavy atom. The van der Waals surface area contributed by atoms with Gasteiger partial charge < -0.3 is 5.11 Å². The first kappa shape index (κ1) is 16.9. The molecule has 0 spiro atoms. The monoisotopic (exact) mass is 334 g/mol. The molecule has 0 aromatic carbocycles. The van der Waals surface area contributed by atoms with Crippen LogP contribution in [0, 0.1) is 11.3 Å². The summed E-state index contributed by atoms with van der Waals surface area (Å²) in [4.78, 5) is 11.6. The molecule has 21 heavy (non-hydrogen) atoms. The van der Waals surface area contributed by atoms with Gasteiger partial charge in [0.15, 0.2) is 0 Å². The lowest BCUT2D eigenvalue weighted by atomic mass is 9.74. The van der Waals surface area contributed by atoms with Crippen molar-refractivity contribution in [3.63, 3.8) is 0 Å². The van der Waals surface area contributed by atoms with Gasteiger partial charge in [0.2, 0.25) is 5.88 Å². The number of hydrogen-bond acceptors (Lipinski definition) is 4. The zero-order valence-corrected chi connectivity index (χ0v) is 14.7. The second-order valence-electron chi connectivity index (χ2n) is 6.62. The Balaban J connectivity index is 2.39. The topological polar surface area (TPSA) is 45.5 Å². The van der Waals surface area contributed by atoms with E-state index in [4.69, 9.17) is 0 Å². The van der Waals surface area contributed by atoms with E-state index in [1.54, 1.807) is 0 Å². The average molecular weight is 334 g/mol. The molecule has 1 N–H and O–H groups in total. The van der Waals surface area contributed by atoms with E-state index in [9.17, 15) is 9.90 Å². The van der Waals surface area contributed by atoms with Gasteiger partial charge in [0.25, 0.3) is 0 Å². The van der Waals surface area contributed by atoms with Gasteiger partial charge in [0.05, 0.1) is 11.4 Å². The van der Waals surface area contributed by atoms with Gasteiger partial charge in [-0.15, -0.1) is 0 Å². The Bertz CT molecular complexity index is 545. The van der Waals surface area contributed by atoms with E-state index in [1.165, 1.54) is 9.95 Å². The number of thiazole rings is 1. The predicted octanol–water partition coefficient (Wildman–Crippen LogP) is 3.04. The third-order valence-corrected chi connectivity index (χ3v) is 5.58. The lowest BCUT2D eigenvalue weighted by Gasteiger charge is -2.42. The van der Waals surface area contributed by atoms with Crippen LogP contribution in [0.2, 0.25) is 0 Å². The van der Waals surface area contributed by atoms with Crippen molar-refractivity contribution in [1.82, 2.24) is 9.24 Å². The van der Waals surface area contributed by atoms with Crippen molar-refractivity contribution in [1.29, 1.82) is 0 Å². The lowest BCUT2D eigenvalue weighted by Crippen LogP contribution is -2.45. The molecule has 120 valence electrons. The zero-order valence-electron chi connectivity index (χ0n) is 12.8. The van der Waals surface area contributed by atoms with Crippen LogP contribution in [0.15, 0.2) is 10.2 Å². The van der Waals surface area contributed by atoms with Crippen LogP contribution in [0.1, 0.15) is 39.7 Å². The lowest BCUT2D eigenvalue weighted by molar-refractivity contribution is 0.0329. The predicted molar refractivity (Wildman–Crippen MR) is 87.6 cm³/mol. The van der Waals surface area contributed by atoms with Gasteiger partial charge in [0.1, 0.15) is 6.17 Å². The second-order valence-corrected chi connectivity index (χ2v) is 8.17. The molecule has 2 heterocycles. The van der Waals surface area contributed by atoms with Crippen LogP contribution in [-0.2, 0) is 0 Å². The molecule has 1 saturated heterocycles. The minimum atomic E-state index is -1.19. The van der Waals surface area contributed by atoms with Crippen molar-refractivity contribution in [2.24, 2.45) is 11.3 Å². The number of aromatic hydroxyl groups is 1. The Morgan fingerprint density at radius 3 is 2.71 bits per heavy atom. The van der Waals surface area contributed by atoms with Crippen LogP contribution in [0.25, 0.3) is 0 Å². The summed E-state index contributed by atoms with van der Waals surface area (Å²) >= 11 is 0.911. The van der Waals surface area contributed by atoms with Crippen LogP contribution in [-0.4, -0.2) is 33.6 Å². The SMILES string of the molecule is CCC1CN(P)CC(n2c(O)csc2=O)C(F)C(C)(C)C1. The smallest absolute Gasteiger partial charge is 0.310 e. The van der Waals surface area contributed by atoms with Gasteiger partial charge in [-0.3, -0.25) is 14.0 Å². The van der Waals surface area contributed by atoms with Crippen molar-refractivity contribution < 1.29 is 9.50 Å². The Hall–Kier alpha value is -0.450. The van der Waals surface area contributed by atoms with Crippen molar-refractivity contribution in [3.8, 4) is 5.88 Å². The normalized spacial score (nSPS) is 30.8. The molecular formula is C14H24FN2O2PS. The van der Waals surface area contributed by atoms with Gasteiger partial charge in [0, 0.05) is 13.1 Å². The summed E-state index contributed by atoms with van der Waals surface area (Å²) in [6.07, 6.45) is 0.592. The van der Waals surface area contributed by atoms with E-state index in [1.807, 2.05) is 18.5 Å². The van der Waals surface area contributed by atoms with Gasteiger partial charge in [-0.05, 0) is 17.8 Å². The van der Waals surface area contributed by atoms with Gasteiger partial charge in [-0.25, -0.2) is 4.39 Å². The van der Waals surface area contributed by atoms with Crippen LogP contribution in [0.4, 0.5) is 4.39 Å². The second kappa shape index (κ2) is 6.35. The zero-order chi connectivity index (χ0) is 15.8. The third-order valence-electron chi connectivity index (χ3n) is 4.43. The Kier molecular flexibility index (Phi) is 5.11. The first-order valence-corrected chi connectivity index (χ1v) is 8.68. The molecule has 4 unspecified atom stereocenters. The quantitative estimate of drug-likeness (QED) is 0.846. The standard InChI is InChI=1S/C14H24FN2O2PS/c1-4-9-5-14(2,3)12(15)10(7-16(20)6-9)17-11(18)8-21-13(17)19/h8-10,12,18H,4-7,20H2,1-3H3. The molecule has 0 bridgehead atoms. The molecule has 4 nitrogen and oxygen atoms in total. The van der Waals surface area contributed by atoms with Gasteiger partial charge in [-0.1, -0.05) is 47.9 Å². The van der Waals surface area contributed by atoms with Gasteiger partial charge >= 0.3 is 4.87 Å². The van der Waals surface area contributed by atoms with E-state index >= 15 is 4.39 Å². The molecular weight excluding hydrogens is 310 g/mol. The largest absolute Gasteiger partial charge is 0.494 e. The minimum absolute atomic E-state index is 0.139. The Morgan fingerprint density at radius 2 is 2.19 bits per heavy atom. The first-order chi connectivity index (χ1) is 9.76. The highest BCUT2D eigenvalue weighted by Crippen LogP contribution is 2.41. The molecule has 0 radical (unpaired) electrons. The maximum absolute atomic E-state index is 15.2. The number of rotatable bonds is 2. The van der Waals surface area contributed by atoms with Crippen LogP contribution >= 0.6 is 20.7 Å². The molecule has 7 heteroatoms. The summed E-state index contributed by atoms with van der Waals surface area (Å²) in [6, 6.07) is -0.658. The van der Waals surface area contributed by atoms with E-state index in [-0.39, 0.29) is 10.8 Å². The van der Waals surface area contributed by atoms with E-state index < -0.39 is 17.6 Å². The molecule has 1 aromatic heterocycles. The highest BCUT2D eigenvalue weighted by molar-refractivity contribution is 7.13. The van der Waals surface area contributed by atoms with Crippen molar-refractivity contribution >= 4 is 20.7 Å². The van der Waals surface area contributed by atoms with Gasteiger partial charge in [-0.2, -0.15) is 0 Å². The number of aromatic nitrogens is 1. The molecule has 1 aliphatic heterocycles. The van der Waals surface area contributed by atoms with Crippen molar-refractivity contribution in [2.75, 3.05) is 13.1 Å². The molecule has 0 aliphatic carbocycles. The minimum Gasteiger partial charge on any atom is -0.494 e. The Labute approximate surface area is 131 Å². The van der Waals surface area contributed by atoms with Crippen molar-refractivity contribution in [2.45, 2.75) is 45.8 Å². The fraction of sp³-hybridized carbons (Fsp3) is 0.786. The highest BCUT2D eigenvalue weighted by atomic mass is 32.1. The highest BCUT2D eigenvalue weighted by Gasteiger charge is 2.42. The first-order valence-electron chi connectivity index (χ1n) is 7.29. The molecule has 1 fully saturated rings. The van der Waals surface area contributed by atoms with E-state index in [0.717, 1.165) is 30.7 Å². The molecule has 4 atom stereocenters. The fourth-order valence-electron chi connectivity index (χ4n) is 3.28. The van der Waals surface area contributed by atoms with E-state index in [0.29, 0.717) is 12.5 Å². The maximum Gasteiger partial charge on any atom is 0.310 e. The number of halogens is 1. The average Bonchev–Trinajstić information content (AvgIpc) is 2.73. The van der Waals surface area contributed by atoms with E-state index in [2.05, 4.69) is 16.3 Å². The summed E-state index contributed by atoms with van der Waals surface area (Å²) < 4.78 is 18.4.